The predicted molar refractivity (Wildman–Crippen MR) is 81.0 cm³/mol. The minimum absolute atomic E-state index is 0.203. The Bertz CT molecular complexity index is 636. The molecule has 106 valence electrons. The number of likely N-dealkylation sites (N-methyl/N-ethyl adjacent to an activating group) is 1. The minimum atomic E-state index is 0.203. The number of para-hydroxylation sites is 1. The first-order valence-corrected chi connectivity index (χ1v) is 7.16. The van der Waals surface area contributed by atoms with Crippen LogP contribution in [0, 0.1) is 4.77 Å². The zero-order chi connectivity index (χ0) is 14.1. The van der Waals surface area contributed by atoms with Crippen LogP contribution in [-0.4, -0.2) is 40.6 Å². The molecule has 2 unspecified atom stereocenters. The SMILES string of the molecule is CC1OCCC1N(C)c1n[nH]c(=S)n1-c1ccccc1. The number of aromatic amines is 1. The van der Waals surface area contributed by atoms with Crippen LogP contribution in [0.25, 0.3) is 5.69 Å². The second-order valence-corrected chi connectivity index (χ2v) is 5.43. The van der Waals surface area contributed by atoms with Crippen LogP contribution in [0.2, 0.25) is 0 Å². The number of ether oxygens (including phenoxy) is 1. The van der Waals surface area contributed by atoms with Gasteiger partial charge in [-0.2, -0.15) is 0 Å². The van der Waals surface area contributed by atoms with E-state index in [2.05, 4.69) is 22.0 Å². The molecular formula is C14H18N4OS. The van der Waals surface area contributed by atoms with Crippen molar-refractivity contribution >= 4 is 18.2 Å². The van der Waals surface area contributed by atoms with Gasteiger partial charge in [-0.1, -0.05) is 18.2 Å². The Hall–Kier alpha value is -1.66. The molecule has 1 saturated heterocycles. The van der Waals surface area contributed by atoms with E-state index in [1.807, 2.05) is 41.9 Å². The van der Waals surface area contributed by atoms with Gasteiger partial charge in [0.2, 0.25) is 10.7 Å². The molecule has 0 spiro atoms. The molecule has 3 rings (SSSR count). The number of hydrogen-bond donors (Lipinski definition) is 1. The summed E-state index contributed by atoms with van der Waals surface area (Å²) in [5.41, 5.74) is 1.01. The van der Waals surface area contributed by atoms with E-state index in [1.54, 1.807) is 0 Å². The van der Waals surface area contributed by atoms with Crippen LogP contribution in [0.3, 0.4) is 0 Å². The zero-order valence-electron chi connectivity index (χ0n) is 11.6. The fourth-order valence-electron chi connectivity index (χ4n) is 2.71. The van der Waals surface area contributed by atoms with Crippen LogP contribution in [0.4, 0.5) is 5.95 Å². The van der Waals surface area contributed by atoms with E-state index in [9.17, 15) is 0 Å². The fraction of sp³-hybridized carbons (Fsp3) is 0.429. The first kappa shape index (κ1) is 13.3. The van der Waals surface area contributed by atoms with Crippen LogP contribution >= 0.6 is 12.2 Å². The van der Waals surface area contributed by atoms with E-state index in [4.69, 9.17) is 17.0 Å². The second kappa shape index (κ2) is 5.38. The summed E-state index contributed by atoms with van der Waals surface area (Å²) >= 11 is 5.37. The quantitative estimate of drug-likeness (QED) is 0.883. The molecule has 1 aliphatic rings. The molecule has 1 aliphatic heterocycles. The van der Waals surface area contributed by atoms with E-state index in [1.165, 1.54) is 0 Å². The highest BCUT2D eigenvalue weighted by Gasteiger charge is 2.30. The van der Waals surface area contributed by atoms with Crippen molar-refractivity contribution in [3.05, 3.63) is 35.1 Å². The molecular weight excluding hydrogens is 272 g/mol. The van der Waals surface area contributed by atoms with Gasteiger partial charge in [-0.15, -0.1) is 5.10 Å². The summed E-state index contributed by atoms with van der Waals surface area (Å²) in [5.74, 6) is 0.823. The summed E-state index contributed by atoms with van der Waals surface area (Å²) in [5, 5.41) is 7.28. The largest absolute Gasteiger partial charge is 0.376 e. The molecule has 2 atom stereocenters. The third-order valence-corrected chi connectivity index (χ3v) is 4.09. The third kappa shape index (κ3) is 2.25. The van der Waals surface area contributed by atoms with Crippen LogP contribution in [0.1, 0.15) is 13.3 Å². The van der Waals surface area contributed by atoms with Gasteiger partial charge in [-0.05, 0) is 37.7 Å². The third-order valence-electron chi connectivity index (χ3n) is 3.82. The van der Waals surface area contributed by atoms with Crippen molar-refractivity contribution in [2.24, 2.45) is 0 Å². The number of anilines is 1. The molecule has 0 amide bonds. The Morgan fingerprint density at radius 2 is 2.15 bits per heavy atom. The van der Waals surface area contributed by atoms with Crippen molar-refractivity contribution in [3.63, 3.8) is 0 Å². The van der Waals surface area contributed by atoms with Crippen LogP contribution in [0.15, 0.2) is 30.3 Å². The summed E-state index contributed by atoms with van der Waals surface area (Å²) in [7, 11) is 2.04. The van der Waals surface area contributed by atoms with Crippen molar-refractivity contribution in [1.29, 1.82) is 0 Å². The van der Waals surface area contributed by atoms with Crippen LogP contribution < -0.4 is 4.90 Å². The highest BCUT2D eigenvalue weighted by molar-refractivity contribution is 7.71. The average Bonchev–Trinajstić information content (AvgIpc) is 3.05. The Balaban J connectivity index is 2.01. The minimum Gasteiger partial charge on any atom is -0.376 e. The topological polar surface area (TPSA) is 46.1 Å². The van der Waals surface area contributed by atoms with E-state index in [-0.39, 0.29) is 6.10 Å². The van der Waals surface area contributed by atoms with Gasteiger partial charge >= 0.3 is 0 Å². The highest BCUT2D eigenvalue weighted by atomic mass is 32.1. The van der Waals surface area contributed by atoms with Gasteiger partial charge in [0.25, 0.3) is 0 Å². The normalized spacial score (nSPS) is 22.1. The van der Waals surface area contributed by atoms with E-state index >= 15 is 0 Å². The zero-order valence-corrected chi connectivity index (χ0v) is 12.4. The van der Waals surface area contributed by atoms with Gasteiger partial charge in [0, 0.05) is 13.7 Å². The molecule has 6 heteroatoms. The lowest BCUT2D eigenvalue weighted by atomic mass is 10.1. The number of aromatic nitrogens is 3. The molecule has 1 fully saturated rings. The Morgan fingerprint density at radius 3 is 2.80 bits per heavy atom. The predicted octanol–water partition coefficient (Wildman–Crippen LogP) is 2.54. The molecule has 1 aromatic carbocycles. The molecule has 0 radical (unpaired) electrons. The summed E-state index contributed by atoms with van der Waals surface area (Å²) in [6.45, 7) is 2.90. The summed E-state index contributed by atoms with van der Waals surface area (Å²) in [4.78, 5) is 2.15. The molecule has 0 saturated carbocycles. The number of rotatable bonds is 3. The maximum Gasteiger partial charge on any atom is 0.230 e. The number of H-pyrrole nitrogens is 1. The van der Waals surface area contributed by atoms with Gasteiger partial charge < -0.3 is 9.64 Å². The van der Waals surface area contributed by atoms with E-state index in [0.29, 0.717) is 10.8 Å². The van der Waals surface area contributed by atoms with Crippen LogP contribution in [-0.2, 0) is 4.74 Å². The second-order valence-electron chi connectivity index (χ2n) is 5.04. The first-order chi connectivity index (χ1) is 9.68. The van der Waals surface area contributed by atoms with Crippen molar-refractivity contribution in [1.82, 2.24) is 14.8 Å². The summed E-state index contributed by atoms with van der Waals surface area (Å²) < 4.78 is 8.21. The lowest BCUT2D eigenvalue weighted by Gasteiger charge is -2.27. The molecule has 5 nitrogen and oxygen atoms in total. The number of hydrogen-bond acceptors (Lipinski definition) is 4. The van der Waals surface area contributed by atoms with E-state index in [0.717, 1.165) is 24.7 Å². The van der Waals surface area contributed by atoms with Crippen LogP contribution in [0.5, 0.6) is 0 Å². The lowest BCUT2D eigenvalue weighted by molar-refractivity contribution is 0.118. The Labute approximate surface area is 123 Å². The van der Waals surface area contributed by atoms with E-state index < -0.39 is 0 Å². The molecule has 2 heterocycles. The van der Waals surface area contributed by atoms with Crippen molar-refractivity contribution in [2.45, 2.75) is 25.5 Å². The summed E-state index contributed by atoms with van der Waals surface area (Å²) in [6.07, 6.45) is 1.21. The van der Waals surface area contributed by atoms with Gasteiger partial charge in [0.1, 0.15) is 0 Å². The maximum absolute atomic E-state index is 5.65. The van der Waals surface area contributed by atoms with Gasteiger partial charge in [-0.25, -0.2) is 5.10 Å². The Kier molecular flexibility index (Phi) is 3.58. The molecule has 0 aliphatic carbocycles. The number of benzene rings is 1. The summed E-state index contributed by atoms with van der Waals surface area (Å²) in [6, 6.07) is 10.4. The highest BCUT2D eigenvalue weighted by Crippen LogP contribution is 2.25. The van der Waals surface area contributed by atoms with Crippen molar-refractivity contribution in [2.75, 3.05) is 18.6 Å². The molecule has 2 aromatic rings. The standard InChI is InChI=1S/C14H18N4OS/c1-10-12(8-9-19-10)17(2)13-15-16-14(20)18(13)11-6-4-3-5-7-11/h3-7,10,12H,8-9H2,1-2H3,(H,16,20). The first-order valence-electron chi connectivity index (χ1n) is 6.76. The molecule has 1 aromatic heterocycles. The number of nitrogens with one attached hydrogen (secondary N) is 1. The van der Waals surface area contributed by atoms with Gasteiger partial charge in [0.15, 0.2) is 0 Å². The van der Waals surface area contributed by atoms with Crippen molar-refractivity contribution in [3.8, 4) is 5.69 Å². The smallest absolute Gasteiger partial charge is 0.230 e. The molecule has 0 bridgehead atoms. The lowest BCUT2D eigenvalue weighted by Crippen LogP contribution is -2.38. The fourth-order valence-corrected chi connectivity index (χ4v) is 2.95. The van der Waals surface area contributed by atoms with Gasteiger partial charge in [0.05, 0.1) is 17.8 Å². The average molecular weight is 290 g/mol. The molecule has 20 heavy (non-hydrogen) atoms. The van der Waals surface area contributed by atoms with Crippen molar-refractivity contribution < 1.29 is 4.74 Å². The van der Waals surface area contributed by atoms with Gasteiger partial charge in [-0.3, -0.25) is 4.57 Å². The monoisotopic (exact) mass is 290 g/mol. The molecule has 1 N–H and O–H groups in total. The maximum atomic E-state index is 5.65. The Morgan fingerprint density at radius 1 is 1.40 bits per heavy atom. The number of nitrogens with zero attached hydrogens (tertiary/aromatic N) is 3.